The third-order valence-corrected chi connectivity index (χ3v) is 5.32. The number of benzene rings is 2. The minimum atomic E-state index is 0.647. The van der Waals surface area contributed by atoms with Crippen molar-refractivity contribution < 1.29 is 4.74 Å². The Morgan fingerprint density at radius 1 is 1.04 bits per heavy atom. The first-order valence-electron chi connectivity index (χ1n) is 10.0. The molecule has 1 aliphatic rings. The van der Waals surface area contributed by atoms with E-state index in [4.69, 9.17) is 10.5 Å². The molecule has 2 aromatic rings. The van der Waals surface area contributed by atoms with E-state index in [2.05, 4.69) is 54.3 Å². The van der Waals surface area contributed by atoms with Crippen LogP contribution in [0.1, 0.15) is 56.1 Å². The molecule has 3 rings (SSSR count). The molecule has 0 aromatic heterocycles. The summed E-state index contributed by atoms with van der Waals surface area (Å²) >= 11 is 0. The van der Waals surface area contributed by atoms with Crippen LogP contribution < -0.4 is 10.5 Å². The highest BCUT2D eigenvalue weighted by Gasteiger charge is 2.20. The second-order valence-electron chi connectivity index (χ2n) is 7.42. The quantitative estimate of drug-likeness (QED) is 0.523. The maximum absolute atomic E-state index is 5.93. The number of likely N-dealkylation sites (tertiary alicyclic amines) is 1. The van der Waals surface area contributed by atoms with E-state index in [1.165, 1.54) is 36.8 Å². The first kappa shape index (κ1) is 18.8. The number of anilines is 1. The van der Waals surface area contributed by atoms with Gasteiger partial charge in [0.05, 0.1) is 6.61 Å². The van der Waals surface area contributed by atoms with E-state index < -0.39 is 0 Å². The van der Waals surface area contributed by atoms with Crippen molar-refractivity contribution >= 4 is 5.69 Å². The van der Waals surface area contributed by atoms with Crippen molar-refractivity contribution in [2.75, 3.05) is 25.4 Å². The number of hydrogen-bond acceptors (Lipinski definition) is 3. The molecule has 0 amide bonds. The van der Waals surface area contributed by atoms with Gasteiger partial charge in [-0.3, -0.25) is 4.90 Å². The largest absolute Gasteiger partial charge is 0.494 e. The lowest BCUT2D eigenvalue weighted by atomic mass is 9.89. The molecule has 3 nitrogen and oxygen atoms in total. The summed E-state index contributed by atoms with van der Waals surface area (Å²) in [6.07, 6.45) is 6.03. The summed E-state index contributed by atoms with van der Waals surface area (Å²) in [5.74, 6) is 1.64. The summed E-state index contributed by atoms with van der Waals surface area (Å²) in [7, 11) is 0. The molecule has 3 heteroatoms. The van der Waals surface area contributed by atoms with Gasteiger partial charge in [-0.1, -0.05) is 44.0 Å². The van der Waals surface area contributed by atoms with E-state index in [1.807, 2.05) is 6.07 Å². The molecule has 0 unspecified atom stereocenters. The average molecular weight is 353 g/mol. The van der Waals surface area contributed by atoms with Crippen molar-refractivity contribution in [3.8, 4) is 5.75 Å². The SMILES string of the molecule is CCCCCOc1ccc(CN2CCC(c3cccc(N)c3)CC2)cc1. The number of nitrogens with two attached hydrogens (primary N) is 1. The van der Waals surface area contributed by atoms with Crippen LogP contribution in [0.3, 0.4) is 0 Å². The molecule has 0 aliphatic carbocycles. The van der Waals surface area contributed by atoms with Crippen LogP contribution in [0.2, 0.25) is 0 Å². The van der Waals surface area contributed by atoms with Gasteiger partial charge in [-0.25, -0.2) is 0 Å². The lowest BCUT2D eigenvalue weighted by Crippen LogP contribution is -2.32. The van der Waals surface area contributed by atoms with Crippen LogP contribution in [-0.2, 0) is 6.54 Å². The van der Waals surface area contributed by atoms with Crippen molar-refractivity contribution in [3.63, 3.8) is 0 Å². The third kappa shape index (κ3) is 5.50. The van der Waals surface area contributed by atoms with Gasteiger partial charge in [0.25, 0.3) is 0 Å². The first-order valence-corrected chi connectivity index (χ1v) is 10.0. The van der Waals surface area contributed by atoms with Gasteiger partial charge >= 0.3 is 0 Å². The summed E-state index contributed by atoms with van der Waals surface area (Å²) < 4.78 is 5.80. The minimum absolute atomic E-state index is 0.647. The average Bonchev–Trinajstić information content (AvgIpc) is 2.67. The van der Waals surface area contributed by atoms with E-state index >= 15 is 0 Å². The fourth-order valence-corrected chi connectivity index (χ4v) is 3.73. The Bertz CT molecular complexity index is 660. The van der Waals surface area contributed by atoms with E-state index in [1.54, 1.807) is 0 Å². The van der Waals surface area contributed by atoms with Gasteiger partial charge in [-0.05, 0) is 73.7 Å². The Kier molecular flexibility index (Phi) is 6.96. The predicted octanol–water partition coefficient (Wildman–Crippen LogP) is 5.22. The van der Waals surface area contributed by atoms with Gasteiger partial charge in [0, 0.05) is 12.2 Å². The number of nitrogen functional groups attached to an aromatic ring is 1. The molecule has 1 aliphatic heterocycles. The molecule has 0 radical (unpaired) electrons. The molecule has 2 N–H and O–H groups in total. The van der Waals surface area contributed by atoms with Crippen LogP contribution >= 0.6 is 0 Å². The van der Waals surface area contributed by atoms with Gasteiger partial charge in [-0.15, -0.1) is 0 Å². The van der Waals surface area contributed by atoms with Crippen LogP contribution in [0.5, 0.6) is 5.75 Å². The molecule has 0 saturated carbocycles. The molecule has 0 atom stereocenters. The van der Waals surface area contributed by atoms with Gasteiger partial charge in [0.15, 0.2) is 0 Å². The highest BCUT2D eigenvalue weighted by Crippen LogP contribution is 2.29. The van der Waals surface area contributed by atoms with Gasteiger partial charge < -0.3 is 10.5 Å². The number of piperidine rings is 1. The molecule has 140 valence electrons. The lowest BCUT2D eigenvalue weighted by Gasteiger charge is -2.32. The fourth-order valence-electron chi connectivity index (χ4n) is 3.73. The predicted molar refractivity (Wildman–Crippen MR) is 110 cm³/mol. The Labute approximate surface area is 158 Å². The standard InChI is InChI=1S/C23H32N2O/c1-2-3-4-16-26-23-10-8-19(9-11-23)18-25-14-12-20(13-15-25)21-6-5-7-22(24)17-21/h5-11,17,20H,2-4,12-16,18,24H2,1H3. The first-order chi connectivity index (χ1) is 12.7. The molecule has 0 bridgehead atoms. The topological polar surface area (TPSA) is 38.5 Å². The zero-order valence-electron chi connectivity index (χ0n) is 16.0. The van der Waals surface area contributed by atoms with Crippen molar-refractivity contribution in [2.24, 2.45) is 0 Å². The highest BCUT2D eigenvalue weighted by atomic mass is 16.5. The summed E-state index contributed by atoms with van der Waals surface area (Å²) in [6.45, 7) is 6.36. The zero-order chi connectivity index (χ0) is 18.2. The molecule has 26 heavy (non-hydrogen) atoms. The Balaban J connectivity index is 1.44. The van der Waals surface area contributed by atoms with E-state index in [-0.39, 0.29) is 0 Å². The van der Waals surface area contributed by atoms with Crippen molar-refractivity contribution in [3.05, 3.63) is 59.7 Å². The van der Waals surface area contributed by atoms with Gasteiger partial charge in [-0.2, -0.15) is 0 Å². The van der Waals surface area contributed by atoms with E-state index in [0.29, 0.717) is 5.92 Å². The molecular weight excluding hydrogens is 320 g/mol. The maximum atomic E-state index is 5.93. The van der Waals surface area contributed by atoms with Crippen LogP contribution in [0.25, 0.3) is 0 Å². The highest BCUT2D eigenvalue weighted by molar-refractivity contribution is 5.42. The van der Waals surface area contributed by atoms with Crippen molar-refractivity contribution in [2.45, 2.75) is 51.5 Å². The second kappa shape index (κ2) is 9.63. The Hall–Kier alpha value is -2.00. The number of ether oxygens (including phenoxy) is 1. The lowest BCUT2D eigenvalue weighted by molar-refractivity contribution is 0.204. The van der Waals surface area contributed by atoms with Crippen molar-refractivity contribution in [1.29, 1.82) is 0 Å². The minimum Gasteiger partial charge on any atom is -0.494 e. The summed E-state index contributed by atoms with van der Waals surface area (Å²) in [5, 5.41) is 0. The fraction of sp³-hybridized carbons (Fsp3) is 0.478. The van der Waals surface area contributed by atoms with E-state index in [0.717, 1.165) is 44.1 Å². The second-order valence-corrected chi connectivity index (χ2v) is 7.42. The summed E-state index contributed by atoms with van der Waals surface area (Å²) in [5.41, 5.74) is 9.57. The third-order valence-electron chi connectivity index (χ3n) is 5.32. The van der Waals surface area contributed by atoms with Gasteiger partial charge in [0.2, 0.25) is 0 Å². The Morgan fingerprint density at radius 3 is 2.50 bits per heavy atom. The zero-order valence-corrected chi connectivity index (χ0v) is 16.0. The maximum Gasteiger partial charge on any atom is 0.119 e. The number of nitrogens with zero attached hydrogens (tertiary/aromatic N) is 1. The molecule has 1 fully saturated rings. The summed E-state index contributed by atoms with van der Waals surface area (Å²) in [4.78, 5) is 2.56. The molecule has 1 saturated heterocycles. The van der Waals surface area contributed by atoms with Crippen LogP contribution in [0.15, 0.2) is 48.5 Å². The van der Waals surface area contributed by atoms with Crippen LogP contribution in [0.4, 0.5) is 5.69 Å². The van der Waals surface area contributed by atoms with Crippen molar-refractivity contribution in [1.82, 2.24) is 4.90 Å². The monoisotopic (exact) mass is 352 g/mol. The van der Waals surface area contributed by atoms with E-state index in [9.17, 15) is 0 Å². The molecule has 0 spiro atoms. The Morgan fingerprint density at radius 2 is 1.81 bits per heavy atom. The number of hydrogen-bond donors (Lipinski definition) is 1. The number of rotatable bonds is 8. The summed E-state index contributed by atoms with van der Waals surface area (Å²) in [6, 6.07) is 17.0. The number of unbranched alkanes of at least 4 members (excludes halogenated alkanes) is 2. The van der Waals surface area contributed by atoms with Gasteiger partial charge in [0.1, 0.15) is 5.75 Å². The molecular formula is C23H32N2O. The molecule has 2 aromatic carbocycles. The normalized spacial score (nSPS) is 15.9. The smallest absolute Gasteiger partial charge is 0.119 e. The molecule has 1 heterocycles. The van der Waals surface area contributed by atoms with Crippen LogP contribution in [-0.4, -0.2) is 24.6 Å². The van der Waals surface area contributed by atoms with Crippen LogP contribution in [0, 0.1) is 0 Å².